The summed E-state index contributed by atoms with van der Waals surface area (Å²) in [7, 11) is 0. The molecule has 0 unspecified atom stereocenters. The van der Waals surface area contributed by atoms with Crippen LogP contribution in [0.1, 0.15) is 19.8 Å². The van der Waals surface area contributed by atoms with Crippen molar-refractivity contribution in [2.24, 2.45) is 0 Å². The molecule has 2 heteroatoms. The quantitative estimate of drug-likeness (QED) is 0.536. The maximum atomic E-state index is 5.43. The monoisotopic (exact) mass is 204 g/mol. The number of unbranched alkanes of at least 4 members (excludes halogenated alkanes) is 1. The molecule has 0 N–H and O–H groups in total. The molecule has 0 amide bonds. The van der Waals surface area contributed by atoms with Crippen LogP contribution in [0.4, 0.5) is 0 Å². The molecular weight excluding hydrogens is 191 g/mol. The molecule has 56 valence electrons. The Morgan fingerprint density at radius 2 is 2.50 bits per heavy atom. The van der Waals surface area contributed by atoms with E-state index in [9.17, 15) is 0 Å². The van der Waals surface area contributed by atoms with Crippen LogP contribution in [-0.4, -0.2) is 21.1 Å². The van der Waals surface area contributed by atoms with E-state index in [1.165, 1.54) is 6.42 Å². The van der Waals surface area contributed by atoms with Crippen LogP contribution < -0.4 is 4.74 Å². The molecule has 0 saturated carbocycles. The molecule has 0 radical (unpaired) electrons. The van der Waals surface area contributed by atoms with Crippen molar-refractivity contribution in [1.82, 2.24) is 0 Å². The van der Waals surface area contributed by atoms with Crippen LogP contribution in [0.3, 0.4) is 0 Å². The van der Waals surface area contributed by atoms with Crippen LogP contribution in [0, 0.1) is 0 Å². The summed E-state index contributed by atoms with van der Waals surface area (Å²) in [4.78, 5) is 4.34. The second-order valence-corrected chi connectivity index (χ2v) is 3.80. The summed E-state index contributed by atoms with van der Waals surface area (Å²) in [5.74, 6) is 1.08. The Hall–Kier alpha value is -0.201. The molecule has 0 spiro atoms. The zero-order valence-electron chi connectivity index (χ0n) is 6.17. The van der Waals surface area contributed by atoms with Crippen molar-refractivity contribution in [3.05, 3.63) is 15.9 Å². The fraction of sp³-hybridized carbons (Fsp3) is 0.500. The second kappa shape index (κ2) is 4.59. The first-order valence-corrected chi connectivity index (χ1v) is 5.56. The molecule has 1 rings (SSSR count). The van der Waals surface area contributed by atoms with Crippen molar-refractivity contribution < 1.29 is 4.74 Å². The average molecular weight is 203 g/mol. The van der Waals surface area contributed by atoms with Crippen LogP contribution in [0.5, 0.6) is 5.75 Å². The molecule has 0 aromatic carbocycles. The third-order valence-corrected chi connectivity index (χ3v) is 2.65. The molecule has 1 heterocycles. The van der Waals surface area contributed by atoms with Crippen LogP contribution in [0.25, 0.3) is 0 Å². The standard InChI is InChI=1S/C8H12OSe/c1-2-3-5-9-8-4-6-10-7-8/h4,6-7H,2-3,5H2,1H3. The van der Waals surface area contributed by atoms with E-state index in [4.69, 9.17) is 4.74 Å². The minimum absolute atomic E-state index is 0.571. The van der Waals surface area contributed by atoms with Gasteiger partial charge >= 0.3 is 67.3 Å². The minimum atomic E-state index is 0.571. The first-order chi connectivity index (χ1) is 4.93. The summed E-state index contributed by atoms with van der Waals surface area (Å²) in [6.45, 7) is 3.05. The molecule has 0 aliphatic heterocycles. The van der Waals surface area contributed by atoms with Gasteiger partial charge in [0, 0.05) is 0 Å². The summed E-state index contributed by atoms with van der Waals surface area (Å²) in [6, 6.07) is 2.07. The zero-order valence-corrected chi connectivity index (χ0v) is 7.88. The summed E-state index contributed by atoms with van der Waals surface area (Å²) >= 11 is 0.571. The Balaban J connectivity index is 2.15. The maximum absolute atomic E-state index is 5.43. The number of hydrogen-bond donors (Lipinski definition) is 0. The molecule has 0 bridgehead atoms. The molecule has 1 aromatic heterocycles. The Bertz CT molecular complexity index is 158. The first kappa shape index (κ1) is 7.90. The van der Waals surface area contributed by atoms with Crippen LogP contribution in [0.2, 0.25) is 0 Å². The fourth-order valence-electron chi connectivity index (χ4n) is 0.668. The summed E-state index contributed by atoms with van der Waals surface area (Å²) < 4.78 is 5.43. The number of hydrogen-bond acceptors (Lipinski definition) is 1. The Kier molecular flexibility index (Phi) is 3.63. The Morgan fingerprint density at radius 1 is 1.60 bits per heavy atom. The van der Waals surface area contributed by atoms with Gasteiger partial charge in [-0.1, -0.05) is 0 Å². The zero-order chi connectivity index (χ0) is 7.23. The molecule has 0 saturated heterocycles. The SMILES string of the molecule is CCCCOc1cc[se]c1. The van der Waals surface area contributed by atoms with Gasteiger partial charge in [-0.05, 0) is 0 Å². The normalized spacial score (nSPS) is 9.70. The van der Waals surface area contributed by atoms with Gasteiger partial charge in [0.05, 0.1) is 0 Å². The van der Waals surface area contributed by atoms with Gasteiger partial charge in [-0.2, -0.15) is 0 Å². The topological polar surface area (TPSA) is 9.23 Å². The van der Waals surface area contributed by atoms with Crippen LogP contribution >= 0.6 is 0 Å². The Morgan fingerprint density at radius 3 is 3.10 bits per heavy atom. The molecule has 0 fully saturated rings. The Labute approximate surface area is 67.8 Å². The van der Waals surface area contributed by atoms with Crippen molar-refractivity contribution in [3.63, 3.8) is 0 Å². The third kappa shape index (κ3) is 2.59. The molecule has 0 atom stereocenters. The van der Waals surface area contributed by atoms with E-state index in [0.29, 0.717) is 14.5 Å². The molecule has 10 heavy (non-hydrogen) atoms. The van der Waals surface area contributed by atoms with Gasteiger partial charge < -0.3 is 0 Å². The van der Waals surface area contributed by atoms with E-state index in [1.807, 2.05) is 0 Å². The summed E-state index contributed by atoms with van der Waals surface area (Å²) in [6.07, 6.45) is 2.38. The van der Waals surface area contributed by atoms with Crippen LogP contribution in [-0.2, 0) is 0 Å². The van der Waals surface area contributed by atoms with E-state index >= 15 is 0 Å². The summed E-state index contributed by atoms with van der Waals surface area (Å²) in [5, 5.41) is 0. The van der Waals surface area contributed by atoms with Gasteiger partial charge in [-0.3, -0.25) is 0 Å². The van der Waals surface area contributed by atoms with Gasteiger partial charge in [0.2, 0.25) is 0 Å². The van der Waals surface area contributed by atoms with E-state index in [2.05, 4.69) is 22.9 Å². The molecular formula is C8H12OSe. The molecule has 1 aromatic rings. The predicted molar refractivity (Wildman–Crippen MR) is 43.8 cm³/mol. The van der Waals surface area contributed by atoms with E-state index in [0.717, 1.165) is 18.8 Å². The van der Waals surface area contributed by atoms with Gasteiger partial charge in [0.25, 0.3) is 0 Å². The number of rotatable bonds is 4. The van der Waals surface area contributed by atoms with E-state index < -0.39 is 0 Å². The van der Waals surface area contributed by atoms with E-state index in [-0.39, 0.29) is 0 Å². The van der Waals surface area contributed by atoms with Crippen molar-refractivity contribution in [2.75, 3.05) is 6.61 Å². The summed E-state index contributed by atoms with van der Waals surface area (Å²) in [5.41, 5.74) is 0. The fourth-order valence-corrected chi connectivity index (χ4v) is 1.87. The van der Waals surface area contributed by atoms with Crippen molar-refractivity contribution in [1.29, 1.82) is 0 Å². The van der Waals surface area contributed by atoms with Gasteiger partial charge in [-0.15, -0.1) is 0 Å². The molecule has 1 nitrogen and oxygen atoms in total. The van der Waals surface area contributed by atoms with Gasteiger partial charge in [-0.25, -0.2) is 0 Å². The average Bonchev–Trinajstić information content (AvgIpc) is 2.41. The van der Waals surface area contributed by atoms with Gasteiger partial charge in [0.15, 0.2) is 0 Å². The van der Waals surface area contributed by atoms with Crippen LogP contribution in [0.15, 0.2) is 15.9 Å². The number of ether oxygens (including phenoxy) is 1. The van der Waals surface area contributed by atoms with Crippen molar-refractivity contribution in [3.8, 4) is 5.75 Å². The molecule has 0 aliphatic rings. The molecule has 0 aliphatic carbocycles. The van der Waals surface area contributed by atoms with Crippen molar-refractivity contribution in [2.45, 2.75) is 19.8 Å². The van der Waals surface area contributed by atoms with E-state index in [1.54, 1.807) is 0 Å². The van der Waals surface area contributed by atoms with Crippen molar-refractivity contribution >= 4 is 14.5 Å². The second-order valence-electron chi connectivity index (χ2n) is 2.16. The third-order valence-electron chi connectivity index (χ3n) is 1.26. The van der Waals surface area contributed by atoms with Gasteiger partial charge in [0.1, 0.15) is 0 Å². The predicted octanol–water partition coefficient (Wildman–Crippen LogP) is 1.92. The first-order valence-electron chi connectivity index (χ1n) is 3.58.